The minimum absolute atomic E-state index is 0.202. The number of thioether (sulfide) groups is 1. The van der Waals surface area contributed by atoms with E-state index in [1.807, 2.05) is 86.8 Å². The highest BCUT2D eigenvalue weighted by atomic mass is 32.2. The lowest BCUT2D eigenvalue weighted by Crippen LogP contribution is -2.46. The Balaban J connectivity index is 1.64. The molecule has 0 spiro atoms. The first-order chi connectivity index (χ1) is 16.5. The second-order valence-electron chi connectivity index (χ2n) is 8.11. The van der Waals surface area contributed by atoms with E-state index in [-0.39, 0.29) is 6.03 Å². The van der Waals surface area contributed by atoms with Gasteiger partial charge in [-0.3, -0.25) is 4.90 Å². The van der Waals surface area contributed by atoms with Crippen molar-refractivity contribution in [3.63, 3.8) is 0 Å². The van der Waals surface area contributed by atoms with Gasteiger partial charge in [0.15, 0.2) is 0 Å². The van der Waals surface area contributed by atoms with Crippen LogP contribution in [0.15, 0.2) is 94.0 Å². The van der Waals surface area contributed by atoms with Crippen LogP contribution in [0.4, 0.5) is 10.5 Å². The van der Waals surface area contributed by atoms with E-state index in [4.69, 9.17) is 9.51 Å². The monoisotopic (exact) mass is 468 g/mol. The highest BCUT2D eigenvalue weighted by molar-refractivity contribution is 7.98. The van der Waals surface area contributed by atoms with Crippen molar-refractivity contribution in [3.05, 3.63) is 102 Å². The predicted molar refractivity (Wildman–Crippen MR) is 135 cm³/mol. The van der Waals surface area contributed by atoms with Crippen molar-refractivity contribution in [1.29, 1.82) is 0 Å². The molecule has 4 aromatic rings. The predicted octanol–water partition coefficient (Wildman–Crippen LogP) is 6.47. The summed E-state index contributed by atoms with van der Waals surface area (Å²) in [6.45, 7) is 3.94. The van der Waals surface area contributed by atoms with Crippen molar-refractivity contribution >= 4 is 29.1 Å². The average Bonchev–Trinajstić information content (AvgIpc) is 3.35. The largest absolute Gasteiger partial charge is 0.334 e. The molecule has 1 aliphatic heterocycles. The Morgan fingerprint density at radius 3 is 2.32 bits per heavy atom. The average molecular weight is 469 g/mol. The molecule has 1 atom stereocenters. The van der Waals surface area contributed by atoms with E-state index in [9.17, 15) is 4.79 Å². The van der Waals surface area contributed by atoms with Crippen LogP contribution in [0, 0.1) is 6.92 Å². The molecule has 170 valence electrons. The zero-order valence-corrected chi connectivity index (χ0v) is 20.0. The molecule has 7 heteroatoms. The number of carbonyl (C=O) groups excluding carboxylic acids is 1. The van der Waals surface area contributed by atoms with Gasteiger partial charge in [-0.15, -0.1) is 11.8 Å². The standard InChI is InChI=1S/C27H24N4O2S/c1-17-9-13-21(14-10-17)31-18(2)23(26-29-25(30-33-26)20-7-5-4-6-8-20)24(28-27(31)32)19-11-15-22(34-3)16-12-19/h4-16,24H,1-3H3,(H,28,32). The number of nitrogens with zero attached hydrogens (tertiary/aromatic N) is 3. The third kappa shape index (κ3) is 4.10. The van der Waals surface area contributed by atoms with Crippen LogP contribution in [0.5, 0.6) is 0 Å². The Labute approximate surface area is 202 Å². The van der Waals surface area contributed by atoms with Crippen LogP contribution in [0.3, 0.4) is 0 Å². The van der Waals surface area contributed by atoms with E-state index in [2.05, 4.69) is 22.6 Å². The molecule has 1 aliphatic rings. The summed E-state index contributed by atoms with van der Waals surface area (Å²) in [5.74, 6) is 0.888. The second-order valence-corrected chi connectivity index (χ2v) is 8.99. The number of aryl methyl sites for hydroxylation is 1. The van der Waals surface area contributed by atoms with Gasteiger partial charge in [-0.1, -0.05) is 65.3 Å². The Morgan fingerprint density at radius 1 is 0.941 bits per heavy atom. The smallest absolute Gasteiger partial charge is 0.326 e. The van der Waals surface area contributed by atoms with E-state index in [1.165, 1.54) is 0 Å². The molecule has 0 radical (unpaired) electrons. The van der Waals surface area contributed by atoms with Gasteiger partial charge in [0.25, 0.3) is 5.89 Å². The number of urea groups is 1. The summed E-state index contributed by atoms with van der Waals surface area (Å²) in [5, 5.41) is 7.38. The molecule has 5 rings (SSSR count). The first-order valence-electron chi connectivity index (χ1n) is 11.0. The van der Waals surface area contributed by atoms with Crippen LogP contribution < -0.4 is 10.2 Å². The molecule has 2 heterocycles. The van der Waals surface area contributed by atoms with Crippen molar-refractivity contribution in [2.45, 2.75) is 24.8 Å². The molecular formula is C27H24N4O2S. The van der Waals surface area contributed by atoms with Crippen molar-refractivity contribution in [2.24, 2.45) is 0 Å². The van der Waals surface area contributed by atoms with Crippen LogP contribution in [-0.2, 0) is 0 Å². The molecule has 6 nitrogen and oxygen atoms in total. The molecule has 0 fully saturated rings. The third-order valence-corrected chi connectivity index (χ3v) is 6.66. The number of rotatable bonds is 5. The maximum absolute atomic E-state index is 13.3. The molecule has 2 amide bonds. The van der Waals surface area contributed by atoms with Gasteiger partial charge in [0.1, 0.15) is 0 Å². The van der Waals surface area contributed by atoms with Gasteiger partial charge in [-0.25, -0.2) is 4.79 Å². The Hall–Kier alpha value is -3.84. The van der Waals surface area contributed by atoms with E-state index >= 15 is 0 Å². The van der Waals surface area contributed by atoms with Crippen LogP contribution >= 0.6 is 11.8 Å². The van der Waals surface area contributed by atoms with Crippen LogP contribution in [0.1, 0.15) is 30.0 Å². The van der Waals surface area contributed by atoms with Gasteiger partial charge >= 0.3 is 6.03 Å². The number of amides is 2. The molecular weight excluding hydrogens is 444 g/mol. The number of allylic oxidation sites excluding steroid dienone is 1. The van der Waals surface area contributed by atoms with Crippen LogP contribution in [0.25, 0.3) is 17.0 Å². The summed E-state index contributed by atoms with van der Waals surface area (Å²) in [7, 11) is 0. The highest BCUT2D eigenvalue weighted by Crippen LogP contribution is 2.39. The topological polar surface area (TPSA) is 71.3 Å². The molecule has 1 aromatic heterocycles. The summed E-state index contributed by atoms with van der Waals surface area (Å²) in [4.78, 5) is 20.8. The quantitative estimate of drug-likeness (QED) is 0.340. The van der Waals surface area contributed by atoms with E-state index in [1.54, 1.807) is 16.7 Å². The van der Waals surface area contributed by atoms with E-state index < -0.39 is 6.04 Å². The first kappa shape index (κ1) is 22.0. The van der Waals surface area contributed by atoms with E-state index in [0.29, 0.717) is 11.7 Å². The molecule has 0 saturated heterocycles. The van der Waals surface area contributed by atoms with Crippen molar-refractivity contribution < 1.29 is 9.32 Å². The third-order valence-electron chi connectivity index (χ3n) is 5.91. The van der Waals surface area contributed by atoms with Gasteiger partial charge in [0.2, 0.25) is 5.82 Å². The fourth-order valence-electron chi connectivity index (χ4n) is 4.11. The molecule has 0 bridgehead atoms. The zero-order chi connectivity index (χ0) is 23.7. The summed E-state index contributed by atoms with van der Waals surface area (Å²) in [6.07, 6.45) is 2.04. The number of hydrogen-bond acceptors (Lipinski definition) is 5. The number of carbonyl (C=O) groups is 1. The van der Waals surface area contributed by atoms with Gasteiger partial charge in [-0.05, 0) is 49.9 Å². The molecule has 34 heavy (non-hydrogen) atoms. The lowest BCUT2D eigenvalue weighted by atomic mass is 9.94. The molecule has 0 saturated carbocycles. The molecule has 0 aliphatic carbocycles. The van der Waals surface area contributed by atoms with Gasteiger partial charge in [-0.2, -0.15) is 4.98 Å². The van der Waals surface area contributed by atoms with Crippen LogP contribution in [-0.4, -0.2) is 22.4 Å². The maximum atomic E-state index is 13.3. The SMILES string of the molecule is CSc1ccc(C2NC(=O)N(c3ccc(C)cc3)C(C)=C2c2nc(-c3ccccc3)no2)cc1. The number of benzene rings is 3. The summed E-state index contributed by atoms with van der Waals surface area (Å²) in [5.41, 5.74) is 5.23. The fraction of sp³-hybridized carbons (Fsp3) is 0.148. The summed E-state index contributed by atoms with van der Waals surface area (Å²) < 4.78 is 5.76. The number of hydrogen-bond donors (Lipinski definition) is 1. The van der Waals surface area contributed by atoms with Crippen molar-refractivity contribution in [1.82, 2.24) is 15.5 Å². The number of aromatic nitrogens is 2. The van der Waals surface area contributed by atoms with Crippen LogP contribution in [0.2, 0.25) is 0 Å². The Bertz CT molecular complexity index is 1350. The normalized spacial score (nSPS) is 16.0. The minimum Gasteiger partial charge on any atom is -0.334 e. The number of anilines is 1. The highest BCUT2D eigenvalue weighted by Gasteiger charge is 2.36. The molecule has 1 N–H and O–H groups in total. The van der Waals surface area contributed by atoms with Gasteiger partial charge in [0, 0.05) is 16.2 Å². The Morgan fingerprint density at radius 2 is 1.65 bits per heavy atom. The number of nitrogens with one attached hydrogen (secondary N) is 1. The van der Waals surface area contributed by atoms with Crippen molar-refractivity contribution in [2.75, 3.05) is 11.2 Å². The van der Waals surface area contributed by atoms with Gasteiger partial charge < -0.3 is 9.84 Å². The first-order valence-corrected chi connectivity index (χ1v) is 12.2. The fourth-order valence-corrected chi connectivity index (χ4v) is 4.52. The molecule has 1 unspecified atom stereocenters. The maximum Gasteiger partial charge on any atom is 0.326 e. The van der Waals surface area contributed by atoms with Crippen molar-refractivity contribution in [3.8, 4) is 11.4 Å². The molecule has 3 aromatic carbocycles. The lowest BCUT2D eigenvalue weighted by Gasteiger charge is -2.35. The lowest BCUT2D eigenvalue weighted by molar-refractivity contribution is 0.244. The zero-order valence-electron chi connectivity index (χ0n) is 19.1. The Kier molecular flexibility index (Phi) is 5.94. The van der Waals surface area contributed by atoms with E-state index in [0.717, 1.165) is 38.5 Å². The second kappa shape index (κ2) is 9.19. The van der Waals surface area contributed by atoms with Gasteiger partial charge in [0.05, 0.1) is 17.3 Å². The summed E-state index contributed by atoms with van der Waals surface area (Å²) >= 11 is 1.67. The minimum atomic E-state index is -0.422. The summed E-state index contributed by atoms with van der Waals surface area (Å²) in [6, 6.07) is 25.1.